The zero-order valence-electron chi connectivity index (χ0n) is 11.1. The van der Waals surface area contributed by atoms with E-state index in [0.29, 0.717) is 0 Å². The molecule has 0 aromatic carbocycles. The van der Waals surface area contributed by atoms with Crippen LogP contribution in [0.25, 0.3) is 0 Å². The van der Waals surface area contributed by atoms with Crippen molar-refractivity contribution in [2.45, 2.75) is 58.9 Å². The number of unbranched alkanes of at least 4 members (excludes halogenated alkanes) is 1. The van der Waals surface area contributed by atoms with E-state index in [0.717, 1.165) is 16.4 Å². The molecule has 0 radical (unpaired) electrons. The van der Waals surface area contributed by atoms with Crippen LogP contribution in [0.15, 0.2) is 0 Å². The van der Waals surface area contributed by atoms with Crippen LogP contribution in [0.2, 0.25) is 0 Å². The Morgan fingerprint density at radius 2 is 1.64 bits per heavy atom. The fourth-order valence-corrected chi connectivity index (χ4v) is 1.78. The normalized spacial score (nSPS) is 16.7. The summed E-state index contributed by atoms with van der Waals surface area (Å²) in [5.74, 6) is 0.947. The second-order valence-electron chi connectivity index (χ2n) is 5.62. The third-order valence-corrected chi connectivity index (χ3v) is 3.54. The van der Waals surface area contributed by atoms with Crippen molar-refractivity contribution in [2.75, 3.05) is 21.1 Å². The molecule has 14 heavy (non-hydrogen) atoms. The van der Waals surface area contributed by atoms with Crippen molar-refractivity contribution in [3.63, 3.8) is 0 Å². The van der Waals surface area contributed by atoms with Crippen LogP contribution in [0.3, 0.4) is 0 Å². The van der Waals surface area contributed by atoms with E-state index in [1.807, 2.05) is 0 Å². The van der Waals surface area contributed by atoms with Gasteiger partial charge in [0.25, 0.3) is 0 Å². The predicted molar refractivity (Wildman–Crippen MR) is 65.4 cm³/mol. The third kappa shape index (κ3) is 5.64. The highest BCUT2D eigenvalue weighted by atomic mass is 15.3. The molecule has 86 valence electrons. The lowest BCUT2D eigenvalue weighted by molar-refractivity contribution is -0.894. The summed E-state index contributed by atoms with van der Waals surface area (Å²) in [5.41, 5.74) is 0. The lowest BCUT2D eigenvalue weighted by atomic mass is 9.92. The summed E-state index contributed by atoms with van der Waals surface area (Å²) in [5, 5.41) is 0. The fourth-order valence-electron chi connectivity index (χ4n) is 1.78. The molecule has 0 aromatic rings. The average molecular weight is 200 g/mol. The van der Waals surface area contributed by atoms with Crippen molar-refractivity contribution < 1.29 is 4.48 Å². The molecule has 0 bridgehead atoms. The molecular formula is C13H30N+. The second kappa shape index (κ2) is 6.44. The Labute approximate surface area is 91.1 Å². The van der Waals surface area contributed by atoms with Gasteiger partial charge in [-0.15, -0.1) is 0 Å². The van der Waals surface area contributed by atoms with Gasteiger partial charge in [-0.3, -0.25) is 0 Å². The number of hydrogen-bond acceptors (Lipinski definition) is 0. The Morgan fingerprint density at radius 3 is 2.00 bits per heavy atom. The van der Waals surface area contributed by atoms with E-state index in [-0.39, 0.29) is 0 Å². The predicted octanol–water partition coefficient (Wildman–Crippen LogP) is 3.69. The third-order valence-electron chi connectivity index (χ3n) is 3.54. The Hall–Kier alpha value is -0.0400. The maximum Gasteiger partial charge on any atom is 0.0858 e. The van der Waals surface area contributed by atoms with Crippen molar-refractivity contribution in [3.05, 3.63) is 0 Å². The highest BCUT2D eigenvalue weighted by Crippen LogP contribution is 2.21. The number of hydrogen-bond donors (Lipinski definition) is 0. The van der Waals surface area contributed by atoms with E-state index in [9.17, 15) is 0 Å². The maximum absolute atomic E-state index is 2.38. The highest BCUT2D eigenvalue weighted by molar-refractivity contribution is 4.62. The number of rotatable bonds is 7. The molecule has 2 unspecified atom stereocenters. The van der Waals surface area contributed by atoms with Crippen LogP contribution >= 0.6 is 0 Å². The largest absolute Gasteiger partial charge is 0.329 e. The molecule has 1 nitrogen and oxygen atoms in total. The van der Waals surface area contributed by atoms with Crippen molar-refractivity contribution in [2.24, 2.45) is 5.92 Å². The van der Waals surface area contributed by atoms with E-state index in [4.69, 9.17) is 0 Å². The van der Waals surface area contributed by atoms with Gasteiger partial charge in [0.15, 0.2) is 0 Å². The first-order valence-corrected chi connectivity index (χ1v) is 6.22. The molecule has 0 amide bonds. The first-order valence-electron chi connectivity index (χ1n) is 6.22. The molecule has 0 aromatic heterocycles. The standard InChI is InChI=1S/C13H30N/c1-7-9-10-13(8-2)11-12(3)14(4,5)6/h12-13H,7-11H2,1-6H3/q+1. The van der Waals surface area contributed by atoms with Gasteiger partial charge in [-0.1, -0.05) is 39.5 Å². The molecule has 2 atom stereocenters. The summed E-state index contributed by atoms with van der Waals surface area (Å²) < 4.78 is 1.10. The average Bonchev–Trinajstić information content (AvgIpc) is 2.10. The van der Waals surface area contributed by atoms with Crippen molar-refractivity contribution >= 4 is 0 Å². The molecule has 0 aliphatic rings. The number of nitrogens with zero attached hydrogens (tertiary/aromatic N) is 1. The monoisotopic (exact) mass is 200 g/mol. The van der Waals surface area contributed by atoms with E-state index >= 15 is 0 Å². The minimum Gasteiger partial charge on any atom is -0.329 e. The molecule has 0 aliphatic heterocycles. The molecular weight excluding hydrogens is 170 g/mol. The van der Waals surface area contributed by atoms with Crippen molar-refractivity contribution in [1.29, 1.82) is 0 Å². The highest BCUT2D eigenvalue weighted by Gasteiger charge is 2.21. The maximum atomic E-state index is 2.38. The van der Waals surface area contributed by atoms with Gasteiger partial charge < -0.3 is 4.48 Å². The lowest BCUT2D eigenvalue weighted by Crippen LogP contribution is -2.44. The van der Waals surface area contributed by atoms with Gasteiger partial charge in [-0.2, -0.15) is 0 Å². The minimum atomic E-state index is 0.789. The van der Waals surface area contributed by atoms with Crippen LogP contribution in [-0.2, 0) is 0 Å². The Kier molecular flexibility index (Phi) is 6.43. The van der Waals surface area contributed by atoms with E-state index < -0.39 is 0 Å². The lowest BCUT2D eigenvalue weighted by Gasteiger charge is -2.33. The SMILES string of the molecule is CCCCC(CC)CC(C)[N+](C)(C)C. The van der Waals surface area contributed by atoms with Crippen LogP contribution in [0.1, 0.15) is 52.9 Å². The van der Waals surface area contributed by atoms with Gasteiger partial charge in [-0.05, 0) is 12.8 Å². The minimum absolute atomic E-state index is 0.789. The Bertz CT molecular complexity index is 135. The molecule has 0 rings (SSSR count). The van der Waals surface area contributed by atoms with Gasteiger partial charge in [0.05, 0.1) is 27.2 Å². The van der Waals surface area contributed by atoms with Gasteiger partial charge in [0.2, 0.25) is 0 Å². The van der Waals surface area contributed by atoms with Crippen LogP contribution in [0.4, 0.5) is 0 Å². The summed E-state index contributed by atoms with van der Waals surface area (Å²) in [6, 6.07) is 0.789. The molecule has 0 aliphatic carbocycles. The fraction of sp³-hybridized carbons (Fsp3) is 1.00. The molecule has 0 N–H and O–H groups in total. The van der Waals surface area contributed by atoms with Crippen LogP contribution in [0.5, 0.6) is 0 Å². The first kappa shape index (κ1) is 14.0. The second-order valence-corrected chi connectivity index (χ2v) is 5.62. The molecule has 0 heterocycles. The zero-order valence-corrected chi connectivity index (χ0v) is 11.1. The van der Waals surface area contributed by atoms with Gasteiger partial charge in [-0.25, -0.2) is 0 Å². The molecule has 0 saturated heterocycles. The topological polar surface area (TPSA) is 0 Å². The van der Waals surface area contributed by atoms with Gasteiger partial charge >= 0.3 is 0 Å². The smallest absolute Gasteiger partial charge is 0.0858 e. The van der Waals surface area contributed by atoms with Crippen molar-refractivity contribution in [1.82, 2.24) is 0 Å². The van der Waals surface area contributed by atoms with Crippen LogP contribution < -0.4 is 0 Å². The van der Waals surface area contributed by atoms with Crippen LogP contribution in [0, 0.1) is 5.92 Å². The molecule has 0 spiro atoms. The summed E-state index contributed by atoms with van der Waals surface area (Å²) in [6.45, 7) is 7.01. The summed E-state index contributed by atoms with van der Waals surface area (Å²) in [7, 11) is 6.91. The van der Waals surface area contributed by atoms with Crippen LogP contribution in [-0.4, -0.2) is 31.7 Å². The van der Waals surface area contributed by atoms with Gasteiger partial charge in [0, 0.05) is 6.42 Å². The molecule has 1 heteroatoms. The molecule has 0 saturated carbocycles. The Balaban J connectivity index is 3.92. The quantitative estimate of drug-likeness (QED) is 0.550. The summed E-state index contributed by atoms with van der Waals surface area (Å²) >= 11 is 0. The summed E-state index contributed by atoms with van der Waals surface area (Å²) in [6.07, 6.45) is 6.92. The first-order chi connectivity index (χ1) is 6.41. The van der Waals surface area contributed by atoms with Gasteiger partial charge in [0.1, 0.15) is 0 Å². The van der Waals surface area contributed by atoms with E-state index in [1.54, 1.807) is 0 Å². The van der Waals surface area contributed by atoms with Crippen molar-refractivity contribution in [3.8, 4) is 0 Å². The zero-order chi connectivity index (χ0) is 11.2. The van der Waals surface area contributed by atoms with E-state index in [1.165, 1.54) is 32.1 Å². The van der Waals surface area contributed by atoms with E-state index in [2.05, 4.69) is 41.9 Å². The number of quaternary nitrogens is 1. The molecule has 0 fully saturated rings. The Morgan fingerprint density at radius 1 is 1.07 bits per heavy atom. The summed E-state index contributed by atoms with van der Waals surface area (Å²) in [4.78, 5) is 0.